The predicted molar refractivity (Wildman–Crippen MR) is 127 cm³/mol. The molecular formula is C27H20NO4P. The van der Waals surface area contributed by atoms with Gasteiger partial charge in [-0.25, -0.2) is 4.67 Å². The lowest BCUT2D eigenvalue weighted by Gasteiger charge is -2.47. The summed E-state index contributed by atoms with van der Waals surface area (Å²) in [6.45, 7) is 0. The first-order valence-corrected chi connectivity index (χ1v) is 12.0. The number of nitrogens with zero attached hydrogens (tertiary/aromatic N) is 1. The summed E-state index contributed by atoms with van der Waals surface area (Å²) in [5.41, 5.74) is 3.32. The zero-order valence-electron chi connectivity index (χ0n) is 18.1. The molecule has 0 amide bonds. The third-order valence-corrected chi connectivity index (χ3v) is 7.79. The molecule has 6 heteroatoms. The van der Waals surface area contributed by atoms with Gasteiger partial charge in [-0.3, -0.25) is 0 Å². The molecular weight excluding hydrogens is 433 g/mol. The van der Waals surface area contributed by atoms with E-state index in [0.29, 0.717) is 0 Å². The Bertz CT molecular complexity index is 1330. The molecule has 7 rings (SSSR count). The van der Waals surface area contributed by atoms with Gasteiger partial charge in [0.05, 0.1) is 16.5 Å². The van der Waals surface area contributed by atoms with E-state index < -0.39 is 13.9 Å². The quantitative estimate of drug-likeness (QED) is 0.255. The molecule has 1 spiro atoms. The van der Waals surface area contributed by atoms with Crippen molar-refractivity contribution in [3.05, 3.63) is 107 Å². The summed E-state index contributed by atoms with van der Waals surface area (Å²) < 4.78 is 28.0. The van der Waals surface area contributed by atoms with Crippen molar-refractivity contribution in [3.63, 3.8) is 0 Å². The molecule has 0 atom stereocenters. The van der Waals surface area contributed by atoms with Gasteiger partial charge in [0.1, 0.15) is 34.5 Å². The van der Waals surface area contributed by atoms with Crippen LogP contribution >= 0.6 is 8.53 Å². The minimum absolute atomic E-state index is 0.713. The Morgan fingerprint density at radius 2 is 0.970 bits per heavy atom. The number of ether oxygens (including phenoxy) is 2. The first-order valence-electron chi connectivity index (χ1n) is 10.8. The van der Waals surface area contributed by atoms with Gasteiger partial charge in [0.25, 0.3) is 0 Å². The number of rotatable bonds is 1. The molecule has 0 saturated carbocycles. The molecule has 0 bridgehead atoms. The van der Waals surface area contributed by atoms with Gasteiger partial charge in [0, 0.05) is 11.1 Å². The molecule has 0 saturated heterocycles. The van der Waals surface area contributed by atoms with Gasteiger partial charge < -0.3 is 18.5 Å². The smallest absolute Gasteiger partial charge is 0.384 e. The van der Waals surface area contributed by atoms with Gasteiger partial charge in [0.2, 0.25) is 0 Å². The van der Waals surface area contributed by atoms with Crippen LogP contribution in [0.3, 0.4) is 0 Å². The van der Waals surface area contributed by atoms with Gasteiger partial charge in [-0.05, 0) is 50.5 Å². The maximum absolute atomic E-state index is 6.57. The van der Waals surface area contributed by atoms with Crippen molar-refractivity contribution in [3.8, 4) is 34.5 Å². The van der Waals surface area contributed by atoms with Crippen LogP contribution in [0.5, 0.6) is 34.5 Å². The van der Waals surface area contributed by atoms with Crippen LogP contribution in [0.15, 0.2) is 84.9 Å². The van der Waals surface area contributed by atoms with E-state index in [1.807, 2.05) is 79.4 Å². The van der Waals surface area contributed by atoms with Crippen molar-refractivity contribution in [2.45, 2.75) is 5.41 Å². The summed E-state index contributed by atoms with van der Waals surface area (Å²) >= 11 is 0. The Labute approximate surface area is 193 Å². The highest BCUT2D eigenvalue weighted by molar-refractivity contribution is 7.45. The standard InChI is InChI=1S/C27H20NO4P/c1-28(2)33-31-23-15-7-13-21-25(23)27(17-9-3-5-11-19(17)29-21)18-10-4-6-12-20(18)30-22-14-8-16-24(32-33)26(22)27/h3-16H,1-2H3. The van der Waals surface area contributed by atoms with Crippen LogP contribution in [0, 0.1) is 0 Å². The zero-order valence-corrected chi connectivity index (χ0v) is 19.0. The molecule has 0 unspecified atom stereocenters. The van der Waals surface area contributed by atoms with E-state index >= 15 is 0 Å². The molecule has 3 aliphatic rings. The first kappa shape index (κ1) is 19.0. The number of benzene rings is 4. The van der Waals surface area contributed by atoms with Crippen LogP contribution in [0.4, 0.5) is 0 Å². The molecule has 0 radical (unpaired) electrons. The fourth-order valence-electron chi connectivity index (χ4n) is 5.21. The van der Waals surface area contributed by atoms with Gasteiger partial charge in [-0.15, -0.1) is 0 Å². The van der Waals surface area contributed by atoms with Crippen LogP contribution in [-0.2, 0) is 5.41 Å². The highest BCUT2D eigenvalue weighted by Crippen LogP contribution is 2.67. The number of hydrogen-bond acceptors (Lipinski definition) is 5. The van der Waals surface area contributed by atoms with Crippen molar-refractivity contribution in [1.82, 2.24) is 4.67 Å². The van der Waals surface area contributed by atoms with Crippen LogP contribution in [0.1, 0.15) is 22.3 Å². The van der Waals surface area contributed by atoms with Gasteiger partial charge >= 0.3 is 8.53 Å². The average molecular weight is 453 g/mol. The van der Waals surface area contributed by atoms with Crippen LogP contribution in [0.2, 0.25) is 0 Å². The van der Waals surface area contributed by atoms with E-state index in [9.17, 15) is 0 Å². The summed E-state index contributed by atoms with van der Waals surface area (Å²) in [4.78, 5) is 0. The third-order valence-electron chi connectivity index (χ3n) is 6.43. The summed E-state index contributed by atoms with van der Waals surface area (Å²) in [5.74, 6) is 4.68. The Hall–Kier alpha value is -3.53. The monoisotopic (exact) mass is 453 g/mol. The van der Waals surface area contributed by atoms with Crippen LogP contribution in [0.25, 0.3) is 0 Å². The maximum Gasteiger partial charge on any atom is 0.384 e. The Morgan fingerprint density at radius 3 is 1.45 bits per heavy atom. The fourth-order valence-corrected chi connectivity index (χ4v) is 6.21. The molecule has 162 valence electrons. The van der Waals surface area contributed by atoms with E-state index in [2.05, 4.69) is 24.3 Å². The highest BCUT2D eigenvalue weighted by atomic mass is 31.2. The number of para-hydroxylation sites is 2. The minimum atomic E-state index is -1.39. The van der Waals surface area contributed by atoms with Crippen molar-refractivity contribution in [2.75, 3.05) is 14.1 Å². The number of hydrogen-bond donors (Lipinski definition) is 0. The molecule has 0 aromatic heterocycles. The lowest BCUT2D eigenvalue weighted by molar-refractivity contribution is 0.360. The molecule has 3 heterocycles. The summed E-state index contributed by atoms with van der Waals surface area (Å²) in [5, 5.41) is 0. The summed E-state index contributed by atoms with van der Waals surface area (Å²) in [6, 6.07) is 28.4. The largest absolute Gasteiger partial charge is 0.457 e. The molecule has 0 aliphatic carbocycles. The van der Waals surface area contributed by atoms with Gasteiger partial charge in [-0.2, -0.15) is 0 Å². The molecule has 33 heavy (non-hydrogen) atoms. The summed E-state index contributed by atoms with van der Waals surface area (Å²) in [6.07, 6.45) is 0. The predicted octanol–water partition coefficient (Wildman–Crippen LogP) is 6.84. The number of fused-ring (bicyclic) bond motifs is 2. The van der Waals surface area contributed by atoms with E-state index in [4.69, 9.17) is 18.5 Å². The average Bonchev–Trinajstić information content (AvgIpc) is 2.82. The topological polar surface area (TPSA) is 40.2 Å². The lowest BCUT2D eigenvalue weighted by atomic mass is 9.62. The van der Waals surface area contributed by atoms with Crippen LogP contribution in [-0.4, -0.2) is 18.8 Å². The SMILES string of the molecule is CN(C)P1Oc2cccc3c2C2(c4ccccc4O3)c3ccccc3Oc3cccc(c32)O1. The normalized spacial score (nSPS) is 16.3. The highest BCUT2D eigenvalue weighted by Gasteiger charge is 2.55. The first-order chi connectivity index (χ1) is 16.2. The molecule has 4 aromatic carbocycles. The second-order valence-electron chi connectivity index (χ2n) is 8.47. The second-order valence-corrected chi connectivity index (χ2v) is 10.1. The van der Waals surface area contributed by atoms with Crippen molar-refractivity contribution in [1.29, 1.82) is 0 Å². The van der Waals surface area contributed by atoms with Crippen molar-refractivity contribution < 1.29 is 18.5 Å². The molecule has 0 fully saturated rings. The zero-order chi connectivity index (χ0) is 22.2. The van der Waals surface area contributed by atoms with Gasteiger partial charge in [-0.1, -0.05) is 48.5 Å². The van der Waals surface area contributed by atoms with Crippen molar-refractivity contribution >= 4 is 8.53 Å². The third kappa shape index (κ3) is 2.44. The van der Waals surface area contributed by atoms with E-state index in [1.165, 1.54) is 0 Å². The van der Waals surface area contributed by atoms with E-state index in [-0.39, 0.29) is 0 Å². The minimum Gasteiger partial charge on any atom is -0.457 e. The van der Waals surface area contributed by atoms with E-state index in [0.717, 1.165) is 56.8 Å². The second kappa shape index (κ2) is 6.74. The van der Waals surface area contributed by atoms with Crippen LogP contribution < -0.4 is 18.5 Å². The molecule has 0 N–H and O–H groups in total. The Morgan fingerprint density at radius 1 is 0.545 bits per heavy atom. The Balaban J connectivity index is 1.71. The maximum atomic E-state index is 6.57. The van der Waals surface area contributed by atoms with Crippen molar-refractivity contribution in [2.24, 2.45) is 0 Å². The van der Waals surface area contributed by atoms with E-state index in [1.54, 1.807) is 0 Å². The lowest BCUT2D eigenvalue weighted by Crippen LogP contribution is -2.38. The van der Waals surface area contributed by atoms with Gasteiger partial charge in [0.15, 0.2) is 0 Å². The Kier molecular flexibility index (Phi) is 3.88. The fraction of sp³-hybridized carbons (Fsp3) is 0.111. The summed E-state index contributed by atoms with van der Waals surface area (Å²) in [7, 11) is 2.53. The molecule has 4 aromatic rings. The molecule has 5 nitrogen and oxygen atoms in total. The molecule has 3 aliphatic heterocycles.